The SMILES string of the molecule is C[C@@H](C(=O)N1CCNC1=O)[NH+]1CC=C(c2ccccc2)CC1. The van der Waals surface area contributed by atoms with Crippen LogP contribution < -0.4 is 10.2 Å². The van der Waals surface area contributed by atoms with Gasteiger partial charge in [-0.3, -0.25) is 9.69 Å². The van der Waals surface area contributed by atoms with Crippen LogP contribution in [-0.2, 0) is 4.79 Å². The molecule has 2 aliphatic heterocycles. The quantitative estimate of drug-likeness (QED) is 0.843. The van der Waals surface area contributed by atoms with E-state index in [2.05, 4.69) is 23.5 Å². The van der Waals surface area contributed by atoms with Gasteiger partial charge in [0, 0.05) is 19.5 Å². The second kappa shape index (κ2) is 6.32. The van der Waals surface area contributed by atoms with Gasteiger partial charge in [0.15, 0.2) is 6.04 Å². The maximum Gasteiger partial charge on any atom is 0.324 e. The van der Waals surface area contributed by atoms with Crippen molar-refractivity contribution in [2.75, 3.05) is 26.2 Å². The van der Waals surface area contributed by atoms with Crippen molar-refractivity contribution < 1.29 is 14.5 Å². The second-order valence-electron chi connectivity index (χ2n) is 5.90. The third-order valence-electron chi connectivity index (χ3n) is 4.58. The number of nitrogens with zero attached hydrogens (tertiary/aromatic N) is 1. The van der Waals surface area contributed by atoms with E-state index in [9.17, 15) is 9.59 Å². The Balaban J connectivity index is 1.64. The summed E-state index contributed by atoms with van der Waals surface area (Å²) in [4.78, 5) is 26.6. The van der Waals surface area contributed by atoms with E-state index < -0.39 is 0 Å². The highest BCUT2D eigenvalue weighted by molar-refractivity contribution is 5.97. The van der Waals surface area contributed by atoms with E-state index in [0.717, 1.165) is 19.5 Å². The van der Waals surface area contributed by atoms with E-state index in [0.29, 0.717) is 13.1 Å². The van der Waals surface area contributed by atoms with Gasteiger partial charge in [0.25, 0.3) is 5.91 Å². The van der Waals surface area contributed by atoms with Crippen LogP contribution in [0.3, 0.4) is 0 Å². The fourth-order valence-electron chi connectivity index (χ4n) is 3.15. The molecule has 5 heteroatoms. The van der Waals surface area contributed by atoms with Crippen molar-refractivity contribution in [3.8, 4) is 0 Å². The number of carbonyl (C=O) groups is 2. The number of quaternary nitrogens is 1. The highest BCUT2D eigenvalue weighted by Crippen LogP contribution is 2.18. The van der Waals surface area contributed by atoms with Crippen molar-refractivity contribution in [3.05, 3.63) is 42.0 Å². The summed E-state index contributed by atoms with van der Waals surface area (Å²) in [6.07, 6.45) is 3.19. The number of hydrogen-bond donors (Lipinski definition) is 2. The molecule has 1 aromatic carbocycles. The molecule has 1 unspecified atom stereocenters. The Morgan fingerprint density at radius 1 is 1.32 bits per heavy atom. The van der Waals surface area contributed by atoms with Gasteiger partial charge >= 0.3 is 6.03 Å². The van der Waals surface area contributed by atoms with Crippen LogP contribution in [0.25, 0.3) is 5.57 Å². The van der Waals surface area contributed by atoms with Gasteiger partial charge in [-0.15, -0.1) is 0 Å². The topological polar surface area (TPSA) is 53.9 Å². The van der Waals surface area contributed by atoms with E-state index in [-0.39, 0.29) is 18.0 Å². The Labute approximate surface area is 130 Å². The van der Waals surface area contributed by atoms with Gasteiger partial charge in [-0.05, 0) is 24.1 Å². The summed E-state index contributed by atoms with van der Waals surface area (Å²) >= 11 is 0. The minimum Gasteiger partial charge on any atom is -0.336 e. The van der Waals surface area contributed by atoms with Crippen LogP contribution >= 0.6 is 0 Å². The molecule has 0 aliphatic carbocycles. The highest BCUT2D eigenvalue weighted by Gasteiger charge is 2.35. The van der Waals surface area contributed by atoms with Crippen molar-refractivity contribution in [1.82, 2.24) is 10.2 Å². The molecule has 0 saturated carbocycles. The van der Waals surface area contributed by atoms with Crippen molar-refractivity contribution in [3.63, 3.8) is 0 Å². The molecule has 0 aromatic heterocycles. The minimum absolute atomic E-state index is 0.0680. The number of carbonyl (C=O) groups excluding carboxylic acids is 2. The smallest absolute Gasteiger partial charge is 0.324 e. The molecule has 2 aliphatic rings. The molecular formula is C17H22N3O2+. The Kier molecular flexibility index (Phi) is 4.24. The summed E-state index contributed by atoms with van der Waals surface area (Å²) in [6.45, 7) is 4.71. The zero-order valence-electron chi connectivity index (χ0n) is 12.8. The zero-order valence-corrected chi connectivity index (χ0v) is 12.8. The molecule has 1 aromatic rings. The molecule has 1 saturated heterocycles. The second-order valence-corrected chi connectivity index (χ2v) is 5.90. The molecule has 3 rings (SSSR count). The summed E-state index contributed by atoms with van der Waals surface area (Å²) in [5.74, 6) is -0.0680. The number of nitrogens with one attached hydrogen (secondary N) is 2. The molecule has 3 amide bonds. The van der Waals surface area contributed by atoms with E-state index in [1.807, 2.05) is 25.1 Å². The van der Waals surface area contributed by atoms with Crippen molar-refractivity contribution in [1.29, 1.82) is 0 Å². The van der Waals surface area contributed by atoms with E-state index >= 15 is 0 Å². The lowest BCUT2D eigenvalue weighted by atomic mass is 9.99. The summed E-state index contributed by atoms with van der Waals surface area (Å²) < 4.78 is 0. The van der Waals surface area contributed by atoms with Gasteiger partial charge in [-0.25, -0.2) is 4.79 Å². The van der Waals surface area contributed by atoms with Gasteiger partial charge in [-0.1, -0.05) is 30.3 Å². The minimum atomic E-state index is -0.256. The lowest BCUT2D eigenvalue weighted by Crippen LogP contribution is -3.17. The van der Waals surface area contributed by atoms with E-state index in [1.54, 1.807) is 0 Å². The first-order valence-corrected chi connectivity index (χ1v) is 7.85. The summed E-state index contributed by atoms with van der Waals surface area (Å²) in [7, 11) is 0. The highest BCUT2D eigenvalue weighted by atomic mass is 16.2. The van der Waals surface area contributed by atoms with Gasteiger partial charge in [0.1, 0.15) is 0 Å². The average Bonchev–Trinajstić information content (AvgIpc) is 3.00. The molecule has 0 radical (unpaired) electrons. The predicted molar refractivity (Wildman–Crippen MR) is 84.3 cm³/mol. The Morgan fingerprint density at radius 3 is 2.68 bits per heavy atom. The number of benzene rings is 1. The monoisotopic (exact) mass is 300 g/mol. The van der Waals surface area contributed by atoms with Gasteiger partial charge < -0.3 is 10.2 Å². The lowest BCUT2D eigenvalue weighted by Gasteiger charge is -2.29. The number of rotatable bonds is 3. The summed E-state index contributed by atoms with van der Waals surface area (Å²) in [5.41, 5.74) is 2.61. The first-order chi connectivity index (χ1) is 10.7. The third kappa shape index (κ3) is 2.90. The average molecular weight is 300 g/mol. The Hall–Kier alpha value is -2.14. The maximum atomic E-state index is 12.4. The molecule has 2 N–H and O–H groups in total. The Bertz CT molecular complexity index is 597. The first kappa shape index (κ1) is 14.8. The van der Waals surface area contributed by atoms with Gasteiger partial charge in [0.2, 0.25) is 0 Å². The molecule has 5 nitrogen and oxygen atoms in total. The van der Waals surface area contributed by atoms with Crippen molar-refractivity contribution >= 4 is 17.5 Å². The van der Waals surface area contributed by atoms with Crippen molar-refractivity contribution in [2.45, 2.75) is 19.4 Å². The van der Waals surface area contributed by atoms with Crippen LogP contribution in [-0.4, -0.2) is 49.1 Å². The molecule has 22 heavy (non-hydrogen) atoms. The van der Waals surface area contributed by atoms with Crippen LogP contribution in [0, 0.1) is 0 Å². The number of hydrogen-bond acceptors (Lipinski definition) is 2. The van der Waals surface area contributed by atoms with Crippen LogP contribution in [0.15, 0.2) is 36.4 Å². The van der Waals surface area contributed by atoms with Crippen LogP contribution in [0.2, 0.25) is 0 Å². The third-order valence-corrected chi connectivity index (χ3v) is 4.58. The maximum absolute atomic E-state index is 12.4. The fraction of sp³-hybridized carbons (Fsp3) is 0.412. The first-order valence-electron chi connectivity index (χ1n) is 7.85. The predicted octanol–water partition coefficient (Wildman–Crippen LogP) is 0.299. The standard InChI is InChI=1S/C17H21N3O2/c1-13(16(21)20-12-9-18-17(20)22)19-10-7-15(8-11-19)14-5-3-2-4-6-14/h2-7,13H,8-12H2,1H3,(H,18,22)/p+1/t13-/m0/s1. The van der Waals surface area contributed by atoms with E-state index in [1.165, 1.54) is 20.9 Å². The molecule has 0 spiro atoms. The molecule has 116 valence electrons. The molecule has 0 bridgehead atoms. The van der Waals surface area contributed by atoms with Crippen LogP contribution in [0.1, 0.15) is 18.9 Å². The normalized spacial score (nSPS) is 23.0. The van der Waals surface area contributed by atoms with Gasteiger partial charge in [0.05, 0.1) is 13.1 Å². The van der Waals surface area contributed by atoms with Gasteiger partial charge in [-0.2, -0.15) is 0 Å². The Morgan fingerprint density at radius 2 is 2.09 bits per heavy atom. The summed E-state index contributed by atoms with van der Waals surface area (Å²) in [6, 6.07) is 9.93. The summed E-state index contributed by atoms with van der Waals surface area (Å²) in [5, 5.41) is 2.68. The number of urea groups is 1. The molecule has 2 atom stereocenters. The van der Waals surface area contributed by atoms with Crippen molar-refractivity contribution in [2.24, 2.45) is 0 Å². The fourth-order valence-corrected chi connectivity index (χ4v) is 3.15. The largest absolute Gasteiger partial charge is 0.336 e. The van der Waals surface area contributed by atoms with E-state index in [4.69, 9.17) is 0 Å². The molecular weight excluding hydrogens is 278 g/mol. The lowest BCUT2D eigenvalue weighted by molar-refractivity contribution is -0.909. The zero-order chi connectivity index (χ0) is 15.5. The molecule has 1 fully saturated rings. The van der Waals surface area contributed by atoms with Crippen LogP contribution in [0.4, 0.5) is 4.79 Å². The number of amides is 3. The number of imide groups is 1. The van der Waals surface area contributed by atoms with Crippen LogP contribution in [0.5, 0.6) is 0 Å². The molecule has 2 heterocycles.